The number of hydrazone groups is 1. The molecular formula is C22H17BrClN3O2S. The van der Waals surface area contributed by atoms with Gasteiger partial charge in [-0.05, 0) is 67.7 Å². The molecule has 5 nitrogen and oxygen atoms in total. The van der Waals surface area contributed by atoms with E-state index in [-0.39, 0.29) is 0 Å². The highest BCUT2D eigenvalue weighted by atomic mass is 79.9. The third-order valence-electron chi connectivity index (χ3n) is 3.88. The Morgan fingerprint density at radius 2 is 1.93 bits per heavy atom. The molecule has 0 aliphatic rings. The van der Waals surface area contributed by atoms with Gasteiger partial charge < -0.3 is 10.1 Å². The molecule has 0 aliphatic heterocycles. The predicted molar refractivity (Wildman–Crippen MR) is 129 cm³/mol. The van der Waals surface area contributed by atoms with E-state index in [1.807, 2.05) is 31.2 Å². The number of benzene rings is 3. The van der Waals surface area contributed by atoms with Crippen LogP contribution < -0.4 is 15.5 Å². The fourth-order valence-corrected chi connectivity index (χ4v) is 3.27. The molecule has 152 valence electrons. The van der Waals surface area contributed by atoms with E-state index in [2.05, 4.69) is 31.8 Å². The van der Waals surface area contributed by atoms with Gasteiger partial charge in [-0.15, -0.1) is 0 Å². The number of thiocarbonyl (C=S) groups is 1. The number of halogens is 2. The quantitative estimate of drug-likeness (QED) is 0.148. The zero-order valence-corrected chi connectivity index (χ0v) is 19.0. The van der Waals surface area contributed by atoms with E-state index in [4.69, 9.17) is 28.6 Å². The molecule has 2 N–H and O–H groups in total. The zero-order valence-electron chi connectivity index (χ0n) is 15.9. The van der Waals surface area contributed by atoms with Crippen LogP contribution in [-0.4, -0.2) is 17.3 Å². The second-order valence-corrected chi connectivity index (χ2v) is 8.04. The van der Waals surface area contributed by atoms with E-state index in [9.17, 15) is 4.79 Å². The molecule has 30 heavy (non-hydrogen) atoms. The van der Waals surface area contributed by atoms with Crippen LogP contribution in [0.3, 0.4) is 0 Å². The molecule has 0 aromatic heterocycles. The lowest BCUT2D eigenvalue weighted by Crippen LogP contribution is -2.23. The summed E-state index contributed by atoms with van der Waals surface area (Å²) >= 11 is 14.6. The molecule has 0 bridgehead atoms. The molecule has 0 radical (unpaired) electrons. The van der Waals surface area contributed by atoms with Crippen molar-refractivity contribution in [3.8, 4) is 5.75 Å². The fourth-order valence-electron chi connectivity index (χ4n) is 2.53. The maximum Gasteiger partial charge on any atom is 0.343 e. The summed E-state index contributed by atoms with van der Waals surface area (Å²) < 4.78 is 6.38. The highest BCUT2D eigenvalue weighted by molar-refractivity contribution is 9.10. The zero-order chi connectivity index (χ0) is 21.5. The van der Waals surface area contributed by atoms with Crippen molar-refractivity contribution in [3.05, 3.63) is 92.9 Å². The molecule has 0 saturated carbocycles. The number of aryl methyl sites for hydroxylation is 1. The lowest BCUT2D eigenvalue weighted by Gasteiger charge is -2.09. The molecule has 0 heterocycles. The number of hydrogen-bond acceptors (Lipinski definition) is 4. The summed E-state index contributed by atoms with van der Waals surface area (Å²) in [5.41, 5.74) is 5.53. The van der Waals surface area contributed by atoms with E-state index in [1.54, 1.807) is 42.5 Å². The van der Waals surface area contributed by atoms with Gasteiger partial charge >= 0.3 is 5.97 Å². The fraction of sp³-hybridized carbons (Fsp3) is 0.0455. The lowest BCUT2D eigenvalue weighted by molar-refractivity contribution is 0.0734. The molecule has 0 saturated heterocycles. The van der Waals surface area contributed by atoms with Crippen LogP contribution >= 0.6 is 39.7 Å². The van der Waals surface area contributed by atoms with Crippen LogP contribution in [0.4, 0.5) is 5.69 Å². The van der Waals surface area contributed by atoms with Crippen LogP contribution in [0.1, 0.15) is 21.5 Å². The number of ether oxygens (including phenoxy) is 1. The Labute approximate surface area is 193 Å². The van der Waals surface area contributed by atoms with Crippen molar-refractivity contribution < 1.29 is 9.53 Å². The van der Waals surface area contributed by atoms with Crippen molar-refractivity contribution in [1.82, 2.24) is 5.43 Å². The first-order chi connectivity index (χ1) is 14.4. The molecule has 3 aromatic carbocycles. The van der Waals surface area contributed by atoms with Gasteiger partial charge in [0.25, 0.3) is 0 Å². The first-order valence-electron chi connectivity index (χ1n) is 8.85. The number of carbonyl (C=O) groups excluding carboxylic acids is 1. The van der Waals surface area contributed by atoms with Gasteiger partial charge in [-0.25, -0.2) is 4.79 Å². The average molecular weight is 503 g/mol. The maximum absolute atomic E-state index is 12.5. The molecule has 0 fully saturated rings. The van der Waals surface area contributed by atoms with Crippen molar-refractivity contribution >= 4 is 62.7 Å². The van der Waals surface area contributed by atoms with Gasteiger partial charge in [0, 0.05) is 20.7 Å². The second kappa shape index (κ2) is 10.3. The van der Waals surface area contributed by atoms with Gasteiger partial charge in [-0.2, -0.15) is 5.10 Å². The molecule has 3 aromatic rings. The summed E-state index contributed by atoms with van der Waals surface area (Å²) in [6, 6.07) is 19.7. The monoisotopic (exact) mass is 501 g/mol. The standard InChI is InChI=1S/C22H17BrClN3O2S/c1-14-4-2-5-15(10-14)21(28)29-20-9-8-17(23)11-16(20)13-25-27-22(30)26-19-7-3-6-18(24)12-19/h2-13H,1H3,(H2,26,27,30)/b25-13+. The minimum atomic E-state index is -0.443. The van der Waals surface area contributed by atoms with Crippen LogP contribution in [-0.2, 0) is 0 Å². The lowest BCUT2D eigenvalue weighted by atomic mass is 10.1. The second-order valence-electron chi connectivity index (χ2n) is 6.28. The summed E-state index contributed by atoms with van der Waals surface area (Å²) in [4.78, 5) is 12.5. The summed E-state index contributed by atoms with van der Waals surface area (Å²) in [5, 5.41) is 8.00. The minimum Gasteiger partial charge on any atom is -0.422 e. The average Bonchev–Trinajstić information content (AvgIpc) is 2.70. The maximum atomic E-state index is 12.5. The summed E-state index contributed by atoms with van der Waals surface area (Å²) in [5.74, 6) is -0.0641. The summed E-state index contributed by atoms with van der Waals surface area (Å²) in [7, 11) is 0. The number of rotatable bonds is 5. The normalized spacial score (nSPS) is 10.6. The van der Waals surface area contributed by atoms with E-state index in [0.717, 1.165) is 15.7 Å². The molecule has 0 atom stereocenters. The SMILES string of the molecule is Cc1cccc(C(=O)Oc2ccc(Br)cc2/C=N/NC(=S)Nc2cccc(Cl)c2)c1. The van der Waals surface area contributed by atoms with Crippen molar-refractivity contribution in [2.45, 2.75) is 6.92 Å². The number of esters is 1. The molecular weight excluding hydrogens is 486 g/mol. The first kappa shape index (κ1) is 22.0. The Hall–Kier alpha value is -2.74. The Balaban J connectivity index is 1.68. The smallest absolute Gasteiger partial charge is 0.343 e. The third-order valence-corrected chi connectivity index (χ3v) is 4.80. The van der Waals surface area contributed by atoms with E-state index in [1.165, 1.54) is 6.21 Å². The number of anilines is 1. The van der Waals surface area contributed by atoms with Crippen LogP contribution in [0.15, 0.2) is 76.3 Å². The van der Waals surface area contributed by atoms with Gasteiger partial charge in [0.15, 0.2) is 5.11 Å². The van der Waals surface area contributed by atoms with Gasteiger partial charge in [0.2, 0.25) is 0 Å². The highest BCUT2D eigenvalue weighted by Crippen LogP contribution is 2.23. The van der Waals surface area contributed by atoms with Gasteiger partial charge in [-0.3, -0.25) is 5.43 Å². The molecule has 3 rings (SSSR count). The number of hydrogen-bond donors (Lipinski definition) is 2. The van der Waals surface area contributed by atoms with Crippen molar-refractivity contribution in [2.75, 3.05) is 5.32 Å². The Bertz CT molecular complexity index is 1120. The van der Waals surface area contributed by atoms with Crippen LogP contribution in [0.2, 0.25) is 5.02 Å². The molecule has 0 spiro atoms. The van der Waals surface area contributed by atoms with E-state index >= 15 is 0 Å². The van der Waals surface area contributed by atoms with Gasteiger partial charge in [0.05, 0.1) is 11.8 Å². The predicted octanol–water partition coefficient (Wildman–Crippen LogP) is 5.95. The number of nitrogens with one attached hydrogen (secondary N) is 2. The molecule has 0 unspecified atom stereocenters. The van der Waals surface area contributed by atoms with Crippen molar-refractivity contribution in [1.29, 1.82) is 0 Å². The van der Waals surface area contributed by atoms with Gasteiger partial charge in [0.1, 0.15) is 5.75 Å². The Kier molecular flexibility index (Phi) is 7.57. The van der Waals surface area contributed by atoms with Gasteiger partial charge in [-0.1, -0.05) is 51.3 Å². The van der Waals surface area contributed by atoms with E-state index < -0.39 is 5.97 Å². The molecule has 0 amide bonds. The largest absolute Gasteiger partial charge is 0.422 e. The Morgan fingerprint density at radius 1 is 1.13 bits per heavy atom. The number of nitrogens with zero attached hydrogens (tertiary/aromatic N) is 1. The molecule has 8 heteroatoms. The van der Waals surface area contributed by atoms with Crippen LogP contribution in [0.5, 0.6) is 5.75 Å². The van der Waals surface area contributed by atoms with Crippen LogP contribution in [0.25, 0.3) is 0 Å². The Morgan fingerprint density at radius 3 is 2.70 bits per heavy atom. The van der Waals surface area contributed by atoms with E-state index in [0.29, 0.717) is 27.0 Å². The van der Waals surface area contributed by atoms with Crippen molar-refractivity contribution in [3.63, 3.8) is 0 Å². The topological polar surface area (TPSA) is 62.7 Å². The summed E-state index contributed by atoms with van der Waals surface area (Å²) in [6.07, 6.45) is 1.52. The number of carbonyl (C=O) groups is 1. The van der Waals surface area contributed by atoms with Crippen LogP contribution in [0, 0.1) is 6.92 Å². The minimum absolute atomic E-state index is 0.293. The highest BCUT2D eigenvalue weighted by Gasteiger charge is 2.11. The third kappa shape index (κ3) is 6.38. The summed E-state index contributed by atoms with van der Waals surface area (Å²) in [6.45, 7) is 1.92. The first-order valence-corrected chi connectivity index (χ1v) is 10.4. The molecule has 0 aliphatic carbocycles. The van der Waals surface area contributed by atoms with Crippen molar-refractivity contribution in [2.24, 2.45) is 5.10 Å².